The van der Waals surface area contributed by atoms with E-state index < -0.39 is 0 Å². The molecule has 0 amide bonds. The van der Waals surface area contributed by atoms with E-state index in [-0.39, 0.29) is 0 Å². The molecule has 0 radical (unpaired) electrons. The van der Waals surface area contributed by atoms with Crippen LogP contribution in [0, 0.1) is 0 Å². The van der Waals surface area contributed by atoms with Crippen molar-refractivity contribution in [2.75, 3.05) is 12.3 Å². The molecular weight excluding hydrogens is 278 g/mol. The summed E-state index contributed by atoms with van der Waals surface area (Å²) < 4.78 is 1.96. The fraction of sp³-hybridized carbons (Fsp3) is 0.786. The third kappa shape index (κ3) is 3.47. The van der Waals surface area contributed by atoms with E-state index in [0.717, 1.165) is 35.4 Å². The predicted octanol–water partition coefficient (Wildman–Crippen LogP) is 3.05. The van der Waals surface area contributed by atoms with Crippen LogP contribution in [0.3, 0.4) is 0 Å². The summed E-state index contributed by atoms with van der Waals surface area (Å²) in [6.07, 6.45) is 4.54. The maximum absolute atomic E-state index is 6.46. The van der Waals surface area contributed by atoms with Gasteiger partial charge in [0.1, 0.15) is 0 Å². The maximum Gasteiger partial charge on any atom is 0.0850 e. The van der Waals surface area contributed by atoms with Crippen molar-refractivity contribution in [3.63, 3.8) is 0 Å². The molecule has 2 heterocycles. The van der Waals surface area contributed by atoms with Crippen molar-refractivity contribution in [1.29, 1.82) is 0 Å². The molecule has 0 bridgehead atoms. The zero-order chi connectivity index (χ0) is 13.8. The van der Waals surface area contributed by atoms with Gasteiger partial charge in [-0.2, -0.15) is 16.9 Å². The van der Waals surface area contributed by atoms with Gasteiger partial charge in [0, 0.05) is 24.8 Å². The van der Waals surface area contributed by atoms with Crippen LogP contribution >= 0.6 is 23.4 Å². The molecule has 5 heteroatoms. The van der Waals surface area contributed by atoms with Crippen molar-refractivity contribution in [3.8, 4) is 0 Å². The lowest BCUT2D eigenvalue weighted by atomic mass is 10.0. The molecule has 1 saturated heterocycles. The first kappa shape index (κ1) is 15.2. The minimum atomic E-state index is 0.509. The molecule has 1 aromatic rings. The first-order valence-electron chi connectivity index (χ1n) is 7.22. The van der Waals surface area contributed by atoms with Crippen molar-refractivity contribution in [3.05, 3.63) is 16.4 Å². The molecule has 19 heavy (non-hydrogen) atoms. The maximum atomic E-state index is 6.46. The fourth-order valence-electron chi connectivity index (χ4n) is 2.77. The normalized spacial score (nSPS) is 20.9. The zero-order valence-electron chi connectivity index (χ0n) is 12.1. The van der Waals surface area contributed by atoms with Crippen LogP contribution in [0.1, 0.15) is 38.1 Å². The van der Waals surface area contributed by atoms with Crippen molar-refractivity contribution in [2.24, 2.45) is 7.05 Å². The van der Waals surface area contributed by atoms with Gasteiger partial charge < -0.3 is 5.32 Å². The monoisotopic (exact) mass is 301 g/mol. The van der Waals surface area contributed by atoms with Gasteiger partial charge in [0.25, 0.3) is 0 Å². The lowest BCUT2D eigenvalue weighted by molar-refractivity contribution is 0.482. The number of rotatable bonds is 6. The van der Waals surface area contributed by atoms with Crippen LogP contribution in [0.15, 0.2) is 0 Å². The molecular formula is C14H24ClN3S. The highest BCUT2D eigenvalue weighted by atomic mass is 35.5. The zero-order valence-corrected chi connectivity index (χ0v) is 13.7. The van der Waals surface area contributed by atoms with Gasteiger partial charge >= 0.3 is 0 Å². The SMILES string of the molecule is CCNC(Cc1c(Cl)c(CC)nn1C)C1CCCS1. The van der Waals surface area contributed by atoms with E-state index in [9.17, 15) is 0 Å². The number of thioether (sulfide) groups is 1. The van der Waals surface area contributed by atoms with Crippen LogP contribution in [0.4, 0.5) is 0 Å². The first-order chi connectivity index (χ1) is 9.17. The lowest BCUT2D eigenvalue weighted by Crippen LogP contribution is -2.39. The summed E-state index contributed by atoms with van der Waals surface area (Å²) in [5.41, 5.74) is 2.20. The molecule has 2 rings (SSSR count). The van der Waals surface area contributed by atoms with Crippen molar-refractivity contribution < 1.29 is 0 Å². The van der Waals surface area contributed by atoms with Gasteiger partial charge in [-0.15, -0.1) is 0 Å². The molecule has 1 N–H and O–H groups in total. The van der Waals surface area contributed by atoms with E-state index >= 15 is 0 Å². The molecule has 1 aliphatic heterocycles. The highest BCUT2D eigenvalue weighted by molar-refractivity contribution is 8.00. The molecule has 3 nitrogen and oxygen atoms in total. The molecule has 0 spiro atoms. The Morgan fingerprint density at radius 1 is 1.53 bits per heavy atom. The molecule has 2 atom stereocenters. The van der Waals surface area contributed by atoms with E-state index in [2.05, 4.69) is 36.0 Å². The van der Waals surface area contributed by atoms with Crippen LogP contribution in [-0.2, 0) is 19.9 Å². The number of likely N-dealkylation sites (N-methyl/N-ethyl adjacent to an activating group) is 1. The summed E-state index contributed by atoms with van der Waals surface area (Å²) in [6.45, 7) is 5.29. The summed E-state index contributed by atoms with van der Waals surface area (Å²) in [4.78, 5) is 0. The Labute approximate surface area is 125 Å². The molecule has 0 saturated carbocycles. The molecule has 2 unspecified atom stereocenters. The van der Waals surface area contributed by atoms with Gasteiger partial charge in [0.05, 0.1) is 16.4 Å². The van der Waals surface area contributed by atoms with Gasteiger partial charge in [-0.05, 0) is 31.6 Å². The van der Waals surface area contributed by atoms with E-state index in [1.807, 2.05) is 11.7 Å². The second kappa shape index (κ2) is 7.00. The molecule has 108 valence electrons. The Morgan fingerprint density at radius 2 is 2.32 bits per heavy atom. The number of nitrogens with zero attached hydrogens (tertiary/aromatic N) is 2. The Balaban J connectivity index is 2.14. The second-order valence-corrected chi connectivity index (χ2v) is 6.83. The van der Waals surface area contributed by atoms with Crippen LogP contribution in [0.5, 0.6) is 0 Å². The highest BCUT2D eigenvalue weighted by Crippen LogP contribution is 2.31. The smallest absolute Gasteiger partial charge is 0.0850 e. The highest BCUT2D eigenvalue weighted by Gasteiger charge is 2.27. The Kier molecular flexibility index (Phi) is 5.60. The summed E-state index contributed by atoms with van der Waals surface area (Å²) in [5, 5.41) is 9.74. The summed E-state index contributed by atoms with van der Waals surface area (Å²) in [6, 6.07) is 0.509. The molecule has 0 aromatic carbocycles. The first-order valence-corrected chi connectivity index (χ1v) is 8.65. The molecule has 1 aromatic heterocycles. The van der Waals surface area contributed by atoms with Crippen molar-refractivity contribution in [1.82, 2.24) is 15.1 Å². The van der Waals surface area contributed by atoms with Gasteiger partial charge in [0.15, 0.2) is 0 Å². The van der Waals surface area contributed by atoms with Gasteiger partial charge in [-0.3, -0.25) is 4.68 Å². The van der Waals surface area contributed by atoms with Gasteiger partial charge in [-0.25, -0.2) is 0 Å². The summed E-state index contributed by atoms with van der Waals surface area (Å²) >= 11 is 8.56. The Hall–Kier alpha value is -0.190. The number of hydrogen-bond donors (Lipinski definition) is 1. The predicted molar refractivity (Wildman–Crippen MR) is 84.2 cm³/mol. The Bertz CT molecular complexity index is 413. The number of halogens is 1. The lowest BCUT2D eigenvalue weighted by Gasteiger charge is -2.24. The average molecular weight is 302 g/mol. The minimum Gasteiger partial charge on any atom is -0.313 e. The van der Waals surface area contributed by atoms with Gasteiger partial charge in [-0.1, -0.05) is 25.4 Å². The van der Waals surface area contributed by atoms with Crippen LogP contribution in [0.25, 0.3) is 0 Å². The third-order valence-corrected chi connectivity index (χ3v) is 5.75. The number of nitrogens with one attached hydrogen (secondary N) is 1. The molecule has 0 aliphatic carbocycles. The topological polar surface area (TPSA) is 29.9 Å². The van der Waals surface area contributed by atoms with Crippen molar-refractivity contribution >= 4 is 23.4 Å². The van der Waals surface area contributed by atoms with E-state index in [0.29, 0.717) is 6.04 Å². The van der Waals surface area contributed by atoms with Crippen LogP contribution < -0.4 is 5.32 Å². The molecule has 1 fully saturated rings. The Morgan fingerprint density at radius 3 is 2.84 bits per heavy atom. The summed E-state index contributed by atoms with van der Waals surface area (Å²) in [5.74, 6) is 1.30. The standard InChI is InChI=1S/C14H24ClN3S/c1-4-10-14(15)12(18(3)17-10)9-11(16-5-2)13-7-6-8-19-13/h11,13,16H,4-9H2,1-3H3. The average Bonchev–Trinajstić information content (AvgIpc) is 3.01. The van der Waals surface area contributed by atoms with E-state index in [1.54, 1.807) is 0 Å². The number of hydrogen-bond acceptors (Lipinski definition) is 3. The van der Waals surface area contributed by atoms with E-state index in [1.165, 1.54) is 24.3 Å². The third-order valence-electron chi connectivity index (χ3n) is 3.80. The quantitative estimate of drug-likeness (QED) is 0.876. The minimum absolute atomic E-state index is 0.509. The number of aromatic nitrogens is 2. The van der Waals surface area contributed by atoms with Crippen LogP contribution in [-0.4, -0.2) is 33.4 Å². The van der Waals surface area contributed by atoms with E-state index in [4.69, 9.17) is 11.6 Å². The summed E-state index contributed by atoms with van der Waals surface area (Å²) in [7, 11) is 2.01. The molecule has 1 aliphatic rings. The van der Waals surface area contributed by atoms with Crippen LogP contribution in [0.2, 0.25) is 5.02 Å². The number of aryl methyl sites for hydroxylation is 2. The van der Waals surface area contributed by atoms with Crippen molar-refractivity contribution in [2.45, 2.75) is 50.8 Å². The second-order valence-electron chi connectivity index (χ2n) is 5.10. The fourth-order valence-corrected chi connectivity index (χ4v) is 4.53. The van der Waals surface area contributed by atoms with Gasteiger partial charge in [0.2, 0.25) is 0 Å². The largest absolute Gasteiger partial charge is 0.313 e.